The fourth-order valence-corrected chi connectivity index (χ4v) is 3.72. The van der Waals surface area contributed by atoms with Gasteiger partial charge in [0.25, 0.3) is 0 Å². The molecule has 1 aliphatic heterocycles. The molecule has 1 unspecified atom stereocenters. The van der Waals surface area contributed by atoms with Crippen molar-refractivity contribution in [1.82, 2.24) is 4.90 Å². The molecule has 1 atom stereocenters. The second kappa shape index (κ2) is 9.16. The van der Waals surface area contributed by atoms with Crippen LogP contribution < -0.4 is 0 Å². The van der Waals surface area contributed by atoms with E-state index in [1.54, 1.807) is 0 Å². The first-order valence-corrected chi connectivity index (χ1v) is 10.1. The predicted molar refractivity (Wildman–Crippen MR) is 106 cm³/mol. The molecule has 4 heteroatoms. The SMILES string of the molecule is CBr.CC(=O)OC1CCN(C)C(c2ccccc2)(c2ccccc2)C1. The van der Waals surface area contributed by atoms with Crippen LogP contribution in [0.4, 0.5) is 0 Å². The van der Waals surface area contributed by atoms with E-state index in [1.807, 2.05) is 18.0 Å². The first-order valence-electron chi connectivity index (χ1n) is 8.50. The Hall–Kier alpha value is -1.65. The van der Waals surface area contributed by atoms with Gasteiger partial charge in [0.15, 0.2) is 0 Å². The third kappa shape index (κ3) is 4.31. The van der Waals surface area contributed by atoms with Gasteiger partial charge in [0, 0.05) is 19.9 Å². The number of esters is 1. The summed E-state index contributed by atoms with van der Waals surface area (Å²) in [5.74, 6) is 1.61. The van der Waals surface area contributed by atoms with Crippen LogP contribution in [0.15, 0.2) is 60.7 Å². The second-order valence-corrected chi connectivity index (χ2v) is 6.24. The number of benzene rings is 2. The molecule has 1 aliphatic rings. The zero-order valence-corrected chi connectivity index (χ0v) is 16.7. The van der Waals surface area contributed by atoms with Crippen LogP contribution in [-0.4, -0.2) is 36.4 Å². The average Bonchev–Trinajstić information content (AvgIpc) is 2.66. The van der Waals surface area contributed by atoms with Crippen LogP contribution in [0.25, 0.3) is 0 Å². The van der Waals surface area contributed by atoms with Crippen molar-refractivity contribution >= 4 is 21.9 Å². The molecule has 25 heavy (non-hydrogen) atoms. The highest BCUT2D eigenvalue weighted by Crippen LogP contribution is 2.43. The van der Waals surface area contributed by atoms with E-state index in [4.69, 9.17) is 4.74 Å². The number of carbonyl (C=O) groups is 1. The second-order valence-electron chi connectivity index (χ2n) is 6.24. The Morgan fingerprint density at radius 2 is 1.52 bits per heavy atom. The lowest BCUT2D eigenvalue weighted by atomic mass is 9.74. The summed E-state index contributed by atoms with van der Waals surface area (Å²) in [6.07, 6.45) is 1.60. The number of hydrogen-bond acceptors (Lipinski definition) is 3. The highest BCUT2D eigenvalue weighted by atomic mass is 79.9. The molecule has 3 rings (SSSR count). The van der Waals surface area contributed by atoms with Crippen molar-refractivity contribution in [2.45, 2.75) is 31.4 Å². The van der Waals surface area contributed by atoms with E-state index in [0.29, 0.717) is 0 Å². The molecule has 0 N–H and O–H groups in total. The van der Waals surface area contributed by atoms with Crippen LogP contribution in [0, 0.1) is 0 Å². The number of ether oxygens (including phenoxy) is 1. The van der Waals surface area contributed by atoms with E-state index in [1.165, 1.54) is 18.1 Å². The van der Waals surface area contributed by atoms with Crippen LogP contribution >= 0.6 is 15.9 Å². The van der Waals surface area contributed by atoms with Crippen molar-refractivity contribution in [3.63, 3.8) is 0 Å². The average molecular weight is 404 g/mol. The Morgan fingerprint density at radius 1 is 1.04 bits per heavy atom. The van der Waals surface area contributed by atoms with Gasteiger partial charge in [0.1, 0.15) is 6.10 Å². The molecule has 2 aromatic rings. The number of halogens is 1. The summed E-state index contributed by atoms with van der Waals surface area (Å²) in [7, 11) is 2.16. The van der Waals surface area contributed by atoms with Gasteiger partial charge >= 0.3 is 5.97 Å². The van der Waals surface area contributed by atoms with Gasteiger partial charge in [0.2, 0.25) is 0 Å². The van der Waals surface area contributed by atoms with E-state index in [0.717, 1.165) is 19.4 Å². The van der Waals surface area contributed by atoms with E-state index in [9.17, 15) is 4.79 Å². The number of piperidine rings is 1. The molecule has 0 spiro atoms. The Kier molecular flexibility index (Phi) is 7.21. The minimum Gasteiger partial charge on any atom is -0.462 e. The van der Waals surface area contributed by atoms with Gasteiger partial charge in [-0.3, -0.25) is 9.69 Å². The minimum atomic E-state index is -0.263. The Bertz CT molecular complexity index is 621. The Balaban J connectivity index is 0.00000109. The minimum absolute atomic E-state index is 0.0517. The maximum atomic E-state index is 11.4. The number of hydrogen-bond donors (Lipinski definition) is 0. The van der Waals surface area contributed by atoms with E-state index in [2.05, 4.69) is 76.4 Å². The van der Waals surface area contributed by atoms with Gasteiger partial charge in [-0.25, -0.2) is 0 Å². The van der Waals surface area contributed by atoms with E-state index < -0.39 is 0 Å². The summed E-state index contributed by atoms with van der Waals surface area (Å²) in [6.45, 7) is 2.38. The van der Waals surface area contributed by atoms with Crippen LogP contribution in [0.5, 0.6) is 0 Å². The molecule has 1 saturated heterocycles. The molecule has 0 amide bonds. The van der Waals surface area contributed by atoms with Crippen LogP contribution in [-0.2, 0) is 15.1 Å². The summed E-state index contributed by atoms with van der Waals surface area (Å²) in [5.41, 5.74) is 2.22. The summed E-state index contributed by atoms with van der Waals surface area (Å²) < 4.78 is 5.57. The molecule has 0 saturated carbocycles. The lowest BCUT2D eigenvalue weighted by Crippen LogP contribution is -2.52. The third-order valence-electron chi connectivity index (χ3n) is 4.80. The van der Waals surface area contributed by atoms with E-state index in [-0.39, 0.29) is 17.6 Å². The Labute approximate surface area is 159 Å². The van der Waals surface area contributed by atoms with E-state index >= 15 is 0 Å². The topological polar surface area (TPSA) is 29.5 Å². The molecule has 0 radical (unpaired) electrons. The Morgan fingerprint density at radius 3 is 1.96 bits per heavy atom. The standard InChI is InChI=1S/C20H23NO2.CH3Br/c1-16(22)23-19-13-14-21(2)20(15-19,17-9-5-3-6-10-17)18-11-7-4-8-12-18;1-2/h3-12,19H,13-15H2,1-2H3;1H3. The molecule has 0 aliphatic carbocycles. The molecule has 0 aromatic heterocycles. The van der Waals surface area contributed by atoms with Crippen molar-refractivity contribution in [1.29, 1.82) is 0 Å². The van der Waals surface area contributed by atoms with Crippen LogP contribution in [0.1, 0.15) is 30.9 Å². The lowest BCUT2D eigenvalue weighted by molar-refractivity contribution is -0.150. The number of rotatable bonds is 3. The summed E-state index contributed by atoms with van der Waals surface area (Å²) >= 11 is 2.94. The molecule has 3 nitrogen and oxygen atoms in total. The predicted octanol–water partition coefficient (Wildman–Crippen LogP) is 4.60. The first-order chi connectivity index (χ1) is 12.1. The quantitative estimate of drug-likeness (QED) is 0.553. The maximum Gasteiger partial charge on any atom is 0.302 e. The summed E-state index contributed by atoms with van der Waals surface area (Å²) in [6, 6.07) is 21.0. The van der Waals surface area contributed by atoms with Gasteiger partial charge in [0.05, 0.1) is 5.54 Å². The fourth-order valence-electron chi connectivity index (χ4n) is 3.72. The zero-order valence-electron chi connectivity index (χ0n) is 15.1. The third-order valence-corrected chi connectivity index (χ3v) is 4.80. The van der Waals surface area contributed by atoms with Gasteiger partial charge in [-0.1, -0.05) is 76.6 Å². The summed E-state index contributed by atoms with van der Waals surface area (Å²) in [4.78, 5) is 13.8. The molecule has 1 fully saturated rings. The molecule has 1 heterocycles. The first kappa shape index (κ1) is 19.7. The number of carbonyl (C=O) groups excluding carboxylic acids is 1. The zero-order chi connectivity index (χ0) is 18.3. The number of likely N-dealkylation sites (tertiary alicyclic amines) is 1. The largest absolute Gasteiger partial charge is 0.462 e. The van der Waals surface area contributed by atoms with Crippen molar-refractivity contribution in [2.75, 3.05) is 19.4 Å². The monoisotopic (exact) mass is 403 g/mol. The lowest BCUT2D eigenvalue weighted by Gasteiger charge is -2.48. The highest BCUT2D eigenvalue weighted by molar-refractivity contribution is 9.08. The molecule has 134 valence electrons. The fraction of sp³-hybridized carbons (Fsp3) is 0.381. The molecule has 2 aromatic carbocycles. The highest BCUT2D eigenvalue weighted by Gasteiger charge is 2.44. The van der Waals surface area contributed by atoms with Crippen molar-refractivity contribution in [3.05, 3.63) is 71.8 Å². The van der Waals surface area contributed by atoms with Crippen molar-refractivity contribution in [3.8, 4) is 0 Å². The van der Waals surface area contributed by atoms with Crippen LogP contribution in [0.3, 0.4) is 0 Å². The molecular weight excluding hydrogens is 378 g/mol. The van der Waals surface area contributed by atoms with Gasteiger partial charge in [-0.2, -0.15) is 0 Å². The summed E-state index contributed by atoms with van der Waals surface area (Å²) in [5, 5.41) is 0. The van der Waals surface area contributed by atoms with Gasteiger partial charge < -0.3 is 4.74 Å². The van der Waals surface area contributed by atoms with Gasteiger partial charge in [-0.15, -0.1) is 0 Å². The van der Waals surface area contributed by atoms with Gasteiger partial charge in [-0.05, 0) is 30.4 Å². The molecular formula is C21H26BrNO2. The number of nitrogens with zero attached hydrogens (tertiary/aromatic N) is 1. The van der Waals surface area contributed by atoms with Crippen LogP contribution in [0.2, 0.25) is 0 Å². The maximum absolute atomic E-state index is 11.4. The van der Waals surface area contributed by atoms with Crippen molar-refractivity contribution in [2.24, 2.45) is 0 Å². The van der Waals surface area contributed by atoms with Crippen molar-refractivity contribution < 1.29 is 9.53 Å². The molecule has 0 bridgehead atoms. The normalized spacial score (nSPS) is 19.4. The smallest absolute Gasteiger partial charge is 0.302 e. The number of alkyl halides is 1.